The molecule has 0 aromatic heterocycles. The molecular weight excluding hydrogens is 342 g/mol. The molecule has 0 bridgehead atoms. The minimum Gasteiger partial charge on any atom is -0.452 e. The first-order chi connectivity index (χ1) is 11.3. The van der Waals surface area contributed by atoms with Crippen LogP contribution in [0, 0.1) is 11.6 Å². The van der Waals surface area contributed by atoms with Crippen LogP contribution in [0.2, 0.25) is 0 Å². The molecule has 2 rings (SSSR count). The van der Waals surface area contributed by atoms with E-state index in [4.69, 9.17) is 4.74 Å². The molecule has 0 fully saturated rings. The molecule has 1 N–H and O–H groups in total. The van der Waals surface area contributed by atoms with Gasteiger partial charge in [-0.2, -0.15) is 0 Å². The Morgan fingerprint density at radius 3 is 2.50 bits per heavy atom. The summed E-state index contributed by atoms with van der Waals surface area (Å²) in [5.74, 6) is -1.91. The Bertz CT molecular complexity index is 870. The fraction of sp³-hybridized carbons (Fsp3) is 0.133. The van der Waals surface area contributed by atoms with Crippen LogP contribution in [0.4, 0.5) is 14.5 Å². The highest BCUT2D eigenvalue weighted by atomic mass is 32.2. The fourth-order valence-corrected chi connectivity index (χ4v) is 2.35. The summed E-state index contributed by atoms with van der Waals surface area (Å²) in [4.78, 5) is 4.56. The number of sulfonamides is 1. The minimum absolute atomic E-state index is 0.0194. The van der Waals surface area contributed by atoms with Gasteiger partial charge in [0.15, 0.2) is 17.3 Å². The number of oxime groups is 1. The third-order valence-corrected chi connectivity index (χ3v) is 3.31. The monoisotopic (exact) mass is 356 g/mol. The maximum absolute atomic E-state index is 13.8. The van der Waals surface area contributed by atoms with Crippen molar-refractivity contribution in [3.63, 3.8) is 0 Å². The third kappa shape index (κ3) is 4.92. The van der Waals surface area contributed by atoms with Crippen molar-refractivity contribution in [3.05, 3.63) is 53.6 Å². The van der Waals surface area contributed by atoms with E-state index in [0.29, 0.717) is 11.6 Å². The first-order valence-electron chi connectivity index (χ1n) is 6.60. The van der Waals surface area contributed by atoms with E-state index < -0.39 is 21.7 Å². The molecule has 0 saturated carbocycles. The Kier molecular flexibility index (Phi) is 5.35. The number of halogens is 2. The van der Waals surface area contributed by atoms with Crippen molar-refractivity contribution in [2.24, 2.45) is 5.16 Å². The third-order valence-electron chi connectivity index (χ3n) is 2.72. The minimum atomic E-state index is -3.58. The summed E-state index contributed by atoms with van der Waals surface area (Å²) < 4.78 is 57.3. The zero-order chi connectivity index (χ0) is 17.7. The number of anilines is 1. The molecule has 0 aliphatic rings. The Morgan fingerprint density at radius 1 is 1.12 bits per heavy atom. The summed E-state index contributed by atoms with van der Waals surface area (Å²) in [6.45, 7) is 0. The van der Waals surface area contributed by atoms with Gasteiger partial charge in [-0.05, 0) is 29.8 Å². The van der Waals surface area contributed by atoms with E-state index in [2.05, 4.69) is 14.7 Å². The highest BCUT2D eigenvalue weighted by Crippen LogP contribution is 2.32. The van der Waals surface area contributed by atoms with Crippen molar-refractivity contribution in [3.8, 4) is 11.5 Å². The topological polar surface area (TPSA) is 77.0 Å². The normalized spacial score (nSPS) is 11.5. The molecular formula is C15H14F2N2O4S. The summed E-state index contributed by atoms with van der Waals surface area (Å²) in [6.07, 6.45) is 2.33. The highest BCUT2D eigenvalue weighted by molar-refractivity contribution is 7.92. The van der Waals surface area contributed by atoms with E-state index >= 15 is 0 Å². The van der Waals surface area contributed by atoms with Gasteiger partial charge in [-0.1, -0.05) is 11.2 Å². The van der Waals surface area contributed by atoms with E-state index in [1.165, 1.54) is 25.5 Å². The molecule has 0 aliphatic carbocycles. The smallest absolute Gasteiger partial charge is 0.229 e. The van der Waals surface area contributed by atoms with Crippen molar-refractivity contribution in [2.75, 3.05) is 18.1 Å². The number of ether oxygens (including phenoxy) is 1. The van der Waals surface area contributed by atoms with E-state index in [-0.39, 0.29) is 17.2 Å². The average molecular weight is 356 g/mol. The van der Waals surface area contributed by atoms with Crippen molar-refractivity contribution in [1.82, 2.24) is 0 Å². The van der Waals surface area contributed by atoms with Gasteiger partial charge < -0.3 is 9.57 Å². The molecule has 0 saturated heterocycles. The molecule has 0 atom stereocenters. The van der Waals surface area contributed by atoms with Gasteiger partial charge in [0, 0.05) is 6.07 Å². The Hall–Kier alpha value is -2.68. The predicted molar refractivity (Wildman–Crippen MR) is 85.9 cm³/mol. The summed E-state index contributed by atoms with van der Waals surface area (Å²) >= 11 is 0. The first-order valence-corrected chi connectivity index (χ1v) is 8.49. The van der Waals surface area contributed by atoms with Crippen LogP contribution in [-0.2, 0) is 14.9 Å². The van der Waals surface area contributed by atoms with Crippen LogP contribution in [0.3, 0.4) is 0 Å². The Balaban J connectivity index is 2.44. The number of rotatable bonds is 6. The number of nitrogens with zero attached hydrogens (tertiary/aromatic N) is 1. The summed E-state index contributed by atoms with van der Waals surface area (Å²) in [6, 6.07) is 7.20. The highest BCUT2D eigenvalue weighted by Gasteiger charge is 2.13. The zero-order valence-corrected chi connectivity index (χ0v) is 13.6. The van der Waals surface area contributed by atoms with E-state index in [9.17, 15) is 17.2 Å². The molecule has 6 nitrogen and oxygen atoms in total. The first kappa shape index (κ1) is 17.7. The van der Waals surface area contributed by atoms with E-state index in [1.807, 2.05) is 0 Å². The molecule has 0 radical (unpaired) electrons. The summed E-state index contributed by atoms with van der Waals surface area (Å²) in [7, 11) is -2.22. The predicted octanol–water partition coefficient (Wildman–Crippen LogP) is 3.11. The number of nitrogens with one attached hydrogen (secondary N) is 1. The zero-order valence-electron chi connectivity index (χ0n) is 12.8. The van der Waals surface area contributed by atoms with Gasteiger partial charge in [-0.3, -0.25) is 4.72 Å². The summed E-state index contributed by atoms with van der Waals surface area (Å²) in [5.41, 5.74) is 0.615. The Labute approximate surface area is 137 Å². The SMILES string of the molecule is CO/N=C/c1ccc(NS(C)(=O)=O)c(Oc2ccc(F)cc2F)c1. The van der Waals surface area contributed by atoms with Crippen molar-refractivity contribution in [2.45, 2.75) is 0 Å². The number of hydrogen-bond acceptors (Lipinski definition) is 5. The van der Waals surface area contributed by atoms with Gasteiger partial charge in [0.25, 0.3) is 0 Å². The lowest BCUT2D eigenvalue weighted by atomic mass is 10.2. The van der Waals surface area contributed by atoms with Crippen molar-refractivity contribution < 1.29 is 26.8 Å². The maximum Gasteiger partial charge on any atom is 0.229 e. The van der Waals surface area contributed by atoms with Gasteiger partial charge in [0.05, 0.1) is 18.2 Å². The van der Waals surface area contributed by atoms with Gasteiger partial charge in [-0.15, -0.1) is 0 Å². The van der Waals surface area contributed by atoms with Crippen LogP contribution < -0.4 is 9.46 Å². The van der Waals surface area contributed by atoms with Gasteiger partial charge in [0.1, 0.15) is 12.9 Å². The molecule has 24 heavy (non-hydrogen) atoms. The largest absolute Gasteiger partial charge is 0.452 e. The van der Waals surface area contributed by atoms with E-state index in [1.54, 1.807) is 6.07 Å². The van der Waals surface area contributed by atoms with Crippen LogP contribution >= 0.6 is 0 Å². The molecule has 0 spiro atoms. The molecule has 0 heterocycles. The fourth-order valence-electron chi connectivity index (χ4n) is 1.78. The standard InChI is InChI=1S/C15H14F2N2O4S/c1-22-18-9-10-3-5-13(19-24(2,20)21)15(7-10)23-14-6-4-11(16)8-12(14)17/h3-9,19H,1-2H3/b18-9+. The van der Waals surface area contributed by atoms with Crippen LogP contribution in [0.1, 0.15) is 5.56 Å². The van der Waals surface area contributed by atoms with Crippen LogP contribution in [0.15, 0.2) is 41.6 Å². The number of benzene rings is 2. The molecule has 9 heteroatoms. The second-order valence-electron chi connectivity index (χ2n) is 4.72. The van der Waals surface area contributed by atoms with Gasteiger partial charge in [0.2, 0.25) is 10.0 Å². The second kappa shape index (κ2) is 7.26. The lowest BCUT2D eigenvalue weighted by Gasteiger charge is -2.13. The van der Waals surface area contributed by atoms with Crippen molar-refractivity contribution in [1.29, 1.82) is 0 Å². The van der Waals surface area contributed by atoms with E-state index in [0.717, 1.165) is 18.4 Å². The maximum atomic E-state index is 13.8. The van der Waals surface area contributed by atoms with Gasteiger partial charge in [-0.25, -0.2) is 17.2 Å². The molecule has 2 aromatic carbocycles. The molecule has 128 valence electrons. The van der Waals surface area contributed by atoms with Gasteiger partial charge >= 0.3 is 0 Å². The molecule has 0 amide bonds. The lowest BCUT2D eigenvalue weighted by Crippen LogP contribution is -2.10. The van der Waals surface area contributed by atoms with Crippen LogP contribution in [-0.4, -0.2) is 28.0 Å². The van der Waals surface area contributed by atoms with Crippen LogP contribution in [0.5, 0.6) is 11.5 Å². The number of hydrogen-bond donors (Lipinski definition) is 1. The molecule has 2 aromatic rings. The lowest BCUT2D eigenvalue weighted by molar-refractivity contribution is 0.215. The van der Waals surface area contributed by atoms with Crippen LogP contribution in [0.25, 0.3) is 0 Å². The molecule has 0 unspecified atom stereocenters. The summed E-state index contributed by atoms with van der Waals surface area (Å²) in [5, 5.41) is 3.58. The Morgan fingerprint density at radius 2 is 1.88 bits per heavy atom. The molecule has 0 aliphatic heterocycles. The second-order valence-corrected chi connectivity index (χ2v) is 6.47. The quantitative estimate of drug-likeness (QED) is 0.637. The van der Waals surface area contributed by atoms with Crippen molar-refractivity contribution >= 4 is 21.9 Å². The average Bonchev–Trinajstić information content (AvgIpc) is 2.48.